The van der Waals surface area contributed by atoms with Crippen molar-refractivity contribution >= 4 is 17.5 Å². The fourth-order valence-corrected chi connectivity index (χ4v) is 1.92. The molecule has 2 N–H and O–H groups in total. The first-order valence-corrected chi connectivity index (χ1v) is 7.59. The van der Waals surface area contributed by atoms with E-state index in [1.165, 1.54) is 0 Å². The Morgan fingerprint density at radius 1 is 1.30 bits per heavy atom. The summed E-state index contributed by atoms with van der Waals surface area (Å²) in [5.74, 6) is -0.344. The van der Waals surface area contributed by atoms with Gasteiger partial charge in [-0.05, 0) is 24.6 Å². The molecular weight excluding hydrogens is 294 g/mol. The Bertz CT molecular complexity index is 652. The Labute approximate surface area is 135 Å². The van der Waals surface area contributed by atoms with Crippen LogP contribution >= 0.6 is 0 Å². The van der Waals surface area contributed by atoms with Crippen molar-refractivity contribution in [2.24, 2.45) is 5.92 Å². The topological polar surface area (TPSA) is 88.9 Å². The summed E-state index contributed by atoms with van der Waals surface area (Å²) >= 11 is 0. The molecule has 1 aromatic heterocycles. The third-order valence-electron chi connectivity index (χ3n) is 3.24. The summed E-state index contributed by atoms with van der Waals surface area (Å²) in [6.45, 7) is 4.88. The molecule has 1 aromatic carbocycles. The Morgan fingerprint density at radius 2 is 2.13 bits per heavy atom. The van der Waals surface area contributed by atoms with Crippen LogP contribution in [-0.2, 0) is 11.3 Å². The molecule has 122 valence electrons. The van der Waals surface area contributed by atoms with Gasteiger partial charge >= 0.3 is 0 Å². The number of rotatable bonds is 7. The molecule has 2 rings (SSSR count). The third kappa shape index (κ3) is 5.21. The highest BCUT2D eigenvalue weighted by Crippen LogP contribution is 2.12. The number of carbonyl (C=O) groups is 2. The number of anilines is 1. The fourth-order valence-electron chi connectivity index (χ4n) is 1.92. The molecule has 0 aliphatic carbocycles. The Morgan fingerprint density at radius 3 is 2.83 bits per heavy atom. The highest BCUT2D eigenvalue weighted by Gasteiger charge is 2.09. The smallest absolute Gasteiger partial charge is 0.251 e. The van der Waals surface area contributed by atoms with Crippen molar-refractivity contribution < 1.29 is 9.59 Å². The molecule has 0 saturated heterocycles. The third-order valence-corrected chi connectivity index (χ3v) is 3.24. The average molecular weight is 315 g/mol. The zero-order valence-corrected chi connectivity index (χ0v) is 13.3. The van der Waals surface area contributed by atoms with Crippen molar-refractivity contribution in [1.82, 2.24) is 20.3 Å². The van der Waals surface area contributed by atoms with E-state index in [2.05, 4.69) is 20.9 Å². The van der Waals surface area contributed by atoms with E-state index >= 15 is 0 Å². The summed E-state index contributed by atoms with van der Waals surface area (Å²) in [6, 6.07) is 6.91. The van der Waals surface area contributed by atoms with E-state index in [4.69, 9.17) is 0 Å². The molecule has 2 amide bonds. The molecule has 7 nitrogen and oxygen atoms in total. The van der Waals surface area contributed by atoms with Crippen LogP contribution in [0.25, 0.3) is 0 Å². The number of aromatic nitrogens is 3. The minimum absolute atomic E-state index is 0.0737. The second kappa shape index (κ2) is 8.07. The van der Waals surface area contributed by atoms with Crippen molar-refractivity contribution in [2.45, 2.75) is 26.8 Å². The number of amides is 2. The van der Waals surface area contributed by atoms with Gasteiger partial charge in [0.1, 0.15) is 0 Å². The maximum Gasteiger partial charge on any atom is 0.251 e. The van der Waals surface area contributed by atoms with Gasteiger partial charge in [0.05, 0.1) is 6.20 Å². The van der Waals surface area contributed by atoms with Crippen LogP contribution in [0.5, 0.6) is 0 Å². The van der Waals surface area contributed by atoms with Crippen LogP contribution in [0.15, 0.2) is 36.7 Å². The van der Waals surface area contributed by atoms with Crippen LogP contribution in [0, 0.1) is 5.92 Å². The lowest BCUT2D eigenvalue weighted by Crippen LogP contribution is -2.25. The summed E-state index contributed by atoms with van der Waals surface area (Å²) in [6.07, 6.45) is 4.16. The second-order valence-electron chi connectivity index (χ2n) is 5.50. The van der Waals surface area contributed by atoms with E-state index in [0.717, 1.165) is 6.42 Å². The summed E-state index contributed by atoms with van der Waals surface area (Å²) in [5.41, 5.74) is 1.14. The van der Waals surface area contributed by atoms with Gasteiger partial charge in [-0.25, -0.2) is 0 Å². The molecule has 0 aliphatic heterocycles. The van der Waals surface area contributed by atoms with Gasteiger partial charge in [-0.3, -0.25) is 14.3 Å². The van der Waals surface area contributed by atoms with E-state index in [9.17, 15) is 9.59 Å². The van der Waals surface area contributed by atoms with Crippen molar-refractivity contribution in [2.75, 3.05) is 11.9 Å². The molecule has 0 bridgehead atoms. The first-order chi connectivity index (χ1) is 11.1. The van der Waals surface area contributed by atoms with E-state index in [1.54, 1.807) is 41.3 Å². The van der Waals surface area contributed by atoms with Crippen LogP contribution in [0.2, 0.25) is 0 Å². The average Bonchev–Trinajstić information content (AvgIpc) is 3.05. The maximum absolute atomic E-state index is 12.1. The van der Waals surface area contributed by atoms with E-state index in [1.807, 2.05) is 13.8 Å². The normalized spacial score (nSPS) is 10.6. The highest BCUT2D eigenvalue weighted by atomic mass is 16.2. The molecule has 2 aromatic rings. The van der Waals surface area contributed by atoms with Crippen molar-refractivity contribution in [3.8, 4) is 0 Å². The summed E-state index contributed by atoms with van der Waals surface area (Å²) in [7, 11) is 0. The van der Waals surface area contributed by atoms with Crippen molar-refractivity contribution in [3.05, 3.63) is 42.2 Å². The molecule has 0 fully saturated rings. The Hall–Kier alpha value is -2.70. The van der Waals surface area contributed by atoms with Gasteiger partial charge in [0, 0.05) is 36.5 Å². The highest BCUT2D eigenvalue weighted by molar-refractivity contribution is 5.97. The van der Waals surface area contributed by atoms with Gasteiger partial charge in [-0.1, -0.05) is 25.1 Å². The quantitative estimate of drug-likeness (QED) is 0.761. The molecular formula is C16H21N5O2. The van der Waals surface area contributed by atoms with Gasteiger partial charge in [-0.2, -0.15) is 0 Å². The number of hydrogen-bond donors (Lipinski definition) is 2. The number of carbonyl (C=O) groups excluding carboxylic acids is 2. The number of nitrogens with one attached hydrogen (secondary N) is 2. The molecule has 0 aliphatic rings. The minimum atomic E-state index is -0.163. The predicted molar refractivity (Wildman–Crippen MR) is 86.9 cm³/mol. The predicted octanol–water partition coefficient (Wildman–Crippen LogP) is 1.69. The summed E-state index contributed by atoms with van der Waals surface area (Å²) in [4.78, 5) is 23.8. The molecule has 7 heteroatoms. The van der Waals surface area contributed by atoms with Crippen LogP contribution in [0.4, 0.5) is 5.69 Å². The van der Waals surface area contributed by atoms with Gasteiger partial charge in [0.15, 0.2) is 0 Å². The standard InChI is InChI=1S/C16H21N5O2/c1-12(2)15(22)19-14-6-3-5-13(11-14)16(23)17-7-4-9-21-10-8-18-20-21/h3,5-6,8,10-12H,4,7,9H2,1-2H3,(H,17,23)(H,19,22). The Balaban J connectivity index is 1.83. The van der Waals surface area contributed by atoms with E-state index in [0.29, 0.717) is 24.3 Å². The monoisotopic (exact) mass is 315 g/mol. The van der Waals surface area contributed by atoms with Crippen LogP contribution in [0.1, 0.15) is 30.6 Å². The maximum atomic E-state index is 12.1. The fraction of sp³-hybridized carbons (Fsp3) is 0.375. The second-order valence-corrected chi connectivity index (χ2v) is 5.50. The number of nitrogens with zero attached hydrogens (tertiary/aromatic N) is 3. The van der Waals surface area contributed by atoms with Gasteiger partial charge in [0.25, 0.3) is 5.91 Å². The van der Waals surface area contributed by atoms with Crippen LogP contribution < -0.4 is 10.6 Å². The molecule has 0 unspecified atom stereocenters. The zero-order chi connectivity index (χ0) is 16.7. The van der Waals surface area contributed by atoms with Crippen LogP contribution in [-0.4, -0.2) is 33.4 Å². The summed E-state index contributed by atoms with van der Waals surface area (Å²) < 4.78 is 1.72. The van der Waals surface area contributed by atoms with E-state index in [-0.39, 0.29) is 17.7 Å². The lowest BCUT2D eigenvalue weighted by atomic mass is 10.1. The molecule has 0 saturated carbocycles. The molecule has 0 atom stereocenters. The minimum Gasteiger partial charge on any atom is -0.352 e. The lowest BCUT2D eigenvalue weighted by Gasteiger charge is -2.10. The largest absolute Gasteiger partial charge is 0.352 e. The first kappa shape index (κ1) is 16.7. The molecule has 0 radical (unpaired) electrons. The summed E-state index contributed by atoms with van der Waals surface area (Å²) in [5, 5.41) is 13.2. The number of aryl methyl sites for hydroxylation is 1. The SMILES string of the molecule is CC(C)C(=O)Nc1cccc(C(=O)NCCCn2ccnn2)c1. The van der Waals surface area contributed by atoms with Gasteiger partial charge < -0.3 is 10.6 Å². The van der Waals surface area contributed by atoms with Crippen molar-refractivity contribution in [1.29, 1.82) is 0 Å². The lowest BCUT2D eigenvalue weighted by molar-refractivity contribution is -0.118. The zero-order valence-electron chi connectivity index (χ0n) is 13.3. The van der Waals surface area contributed by atoms with Crippen molar-refractivity contribution in [3.63, 3.8) is 0 Å². The number of benzene rings is 1. The Kier molecular flexibility index (Phi) is 5.85. The number of hydrogen-bond acceptors (Lipinski definition) is 4. The van der Waals surface area contributed by atoms with E-state index < -0.39 is 0 Å². The molecule has 23 heavy (non-hydrogen) atoms. The van der Waals surface area contributed by atoms with Gasteiger partial charge in [-0.15, -0.1) is 5.10 Å². The van der Waals surface area contributed by atoms with Crippen LogP contribution in [0.3, 0.4) is 0 Å². The molecule has 1 heterocycles. The first-order valence-electron chi connectivity index (χ1n) is 7.59. The molecule has 0 spiro atoms. The van der Waals surface area contributed by atoms with Gasteiger partial charge in [0.2, 0.25) is 5.91 Å².